The van der Waals surface area contributed by atoms with Crippen LogP contribution in [0.2, 0.25) is 0 Å². The number of nitrogens with zero attached hydrogens (tertiary/aromatic N) is 2. The smallest absolute Gasteiger partial charge is 0.369 e. The molecule has 0 aromatic carbocycles. The first-order chi connectivity index (χ1) is 38.9. The summed E-state index contributed by atoms with van der Waals surface area (Å²) in [5.74, 6) is -3.01. The van der Waals surface area contributed by atoms with Gasteiger partial charge in [0, 0.05) is 38.4 Å². The number of amides is 4. The Morgan fingerprint density at radius 3 is 0.964 bits per heavy atom. The van der Waals surface area contributed by atoms with Gasteiger partial charge in [0.25, 0.3) is 0 Å². The maximum atomic E-state index is 14.3. The molecule has 0 spiro atoms. The quantitative estimate of drug-likeness (QED) is 0.0328. The lowest BCUT2D eigenvalue weighted by atomic mass is 9.88. The van der Waals surface area contributed by atoms with Crippen molar-refractivity contribution in [3.05, 3.63) is 0 Å². The van der Waals surface area contributed by atoms with E-state index in [1.165, 1.54) is 0 Å². The predicted molar refractivity (Wildman–Crippen MR) is 271 cm³/mol. The first kappa shape index (κ1) is 71.6. The molecule has 0 bridgehead atoms. The zero-order chi connectivity index (χ0) is 62.6. The van der Waals surface area contributed by atoms with Crippen molar-refractivity contribution in [2.45, 2.75) is 175 Å². The van der Waals surface area contributed by atoms with Gasteiger partial charge in [0.1, 0.15) is 49.8 Å². The molecule has 488 valence electrons. The molecule has 0 aromatic heterocycles. The van der Waals surface area contributed by atoms with E-state index in [1.807, 2.05) is 0 Å². The first-order valence-electron chi connectivity index (χ1n) is 25.5. The molecule has 0 aromatic rings. The van der Waals surface area contributed by atoms with Crippen LogP contribution in [0.4, 0.5) is 0 Å². The van der Waals surface area contributed by atoms with Crippen LogP contribution in [0, 0.1) is 0 Å². The molecule has 10 atom stereocenters. The molecule has 0 unspecified atom stereocenters. The minimum atomic E-state index is -5.69. The molecule has 5 fully saturated rings. The Bertz CT molecular complexity index is 2720. The number of rotatable bonds is 30. The molecule has 5 rings (SSSR count). The van der Waals surface area contributed by atoms with E-state index >= 15 is 0 Å². The van der Waals surface area contributed by atoms with Gasteiger partial charge in [-0.1, -0.05) is 38.5 Å². The zero-order valence-corrected chi connectivity index (χ0v) is 49.6. The molecule has 4 amide bonds. The summed E-state index contributed by atoms with van der Waals surface area (Å²) in [7, 11) is -32.2. The van der Waals surface area contributed by atoms with E-state index in [-0.39, 0.29) is 37.8 Å². The Morgan fingerprint density at radius 1 is 0.417 bits per heavy atom. The Balaban J connectivity index is 1.37. The van der Waals surface area contributed by atoms with Gasteiger partial charge in [-0.05, 0) is 51.4 Å². The van der Waals surface area contributed by atoms with Crippen molar-refractivity contribution in [1.29, 1.82) is 0 Å². The molecule has 84 heavy (non-hydrogen) atoms. The van der Waals surface area contributed by atoms with E-state index in [4.69, 9.17) is 28.4 Å². The first-order valence-corrected chi connectivity index (χ1v) is 33.7. The Kier molecular flexibility index (Phi) is 26.3. The average molecular weight is 1340 g/mol. The summed E-state index contributed by atoms with van der Waals surface area (Å²) < 4.78 is 258. The molecule has 5 aliphatic rings. The van der Waals surface area contributed by atoms with Gasteiger partial charge in [0.05, 0.1) is 26.3 Å². The molecule has 0 radical (unpaired) electrons. The lowest BCUT2D eigenvalue weighted by Gasteiger charge is -2.43. The number of hydrogen-bond donors (Lipinski definition) is 8. The highest BCUT2D eigenvalue weighted by molar-refractivity contribution is 7.82. The third kappa shape index (κ3) is 24.1. The van der Waals surface area contributed by atoms with E-state index in [1.54, 1.807) is 0 Å². The molecule has 2 heterocycles. The molecule has 2 saturated heterocycles. The van der Waals surface area contributed by atoms with Crippen LogP contribution in [0.25, 0.3) is 0 Å². The van der Waals surface area contributed by atoms with Gasteiger partial charge in [-0.25, -0.2) is 25.1 Å². The molecule has 2 aliphatic heterocycles. The summed E-state index contributed by atoms with van der Waals surface area (Å²) in [4.78, 5) is 58.1. The number of nitrogens with one attached hydrogen (secondary N) is 2. The van der Waals surface area contributed by atoms with Crippen molar-refractivity contribution in [3.8, 4) is 0 Å². The van der Waals surface area contributed by atoms with Crippen LogP contribution < -0.4 is 10.6 Å². The highest BCUT2D eigenvalue weighted by Gasteiger charge is 2.55. The summed E-state index contributed by atoms with van der Waals surface area (Å²) in [5.41, 5.74) is 0. The summed E-state index contributed by atoms with van der Waals surface area (Å²) in [6.45, 7) is -5.14. The molecule has 44 heteroatoms. The molecular formula is C40H68N4O34S6. The van der Waals surface area contributed by atoms with Gasteiger partial charge in [-0.2, -0.15) is 50.5 Å². The monoisotopic (exact) mass is 1340 g/mol. The van der Waals surface area contributed by atoms with Crippen molar-refractivity contribution in [1.82, 2.24) is 20.4 Å². The van der Waals surface area contributed by atoms with Crippen molar-refractivity contribution < 1.29 is 151 Å². The van der Waals surface area contributed by atoms with Gasteiger partial charge in [0.2, 0.25) is 23.6 Å². The van der Waals surface area contributed by atoms with Crippen molar-refractivity contribution >= 4 is 86.0 Å². The number of methoxy groups -OCH3 is 2. The van der Waals surface area contributed by atoms with Crippen molar-refractivity contribution in [2.75, 3.05) is 53.7 Å². The number of hydrogen-bond acceptors (Lipinski definition) is 28. The largest absolute Gasteiger partial charge is 0.397 e. The lowest BCUT2D eigenvalue weighted by Crippen LogP contribution is -2.62. The van der Waals surface area contributed by atoms with Gasteiger partial charge < -0.3 is 48.9 Å². The lowest BCUT2D eigenvalue weighted by molar-refractivity contribution is -0.282. The fourth-order valence-electron chi connectivity index (χ4n) is 10.5. The van der Waals surface area contributed by atoms with Gasteiger partial charge in [-0.15, -0.1) is 0 Å². The van der Waals surface area contributed by atoms with E-state index in [0.717, 1.165) is 62.5 Å². The van der Waals surface area contributed by atoms with Crippen LogP contribution in [0.1, 0.15) is 89.9 Å². The standard InChI is InChI=1S/C40H68N4O34S6/c1-67-39-37(77-83(61,62)63)35(75-81(55,56)57)33(73-79(49,50)51)27(71-39)19-69-21-31(47)43(17-29(45)41-23-9-5-3-6-10-23)25-13-15-26(16-14-25)44(18-30(46)42-24-11-7-4-8-12-24)32(48)22-70-20-28-34(74-80(52,53)54)36(76-82(58,59)60)38(40(68-2)72-28)78-84(64,65)66/h23-28,33-40H,3-22H2,1-2H3,(H,41,45)(H,42,46)(H,49,50,51)(H,52,53,54)(H,55,56,57)(H,58,59,60)(H,61,62,63)(H,64,65,66)/t25?,26?,27-,28-,33+,34+,35-,36-,37+,38+,39-,40-/m0/s1. The number of ether oxygens (including phenoxy) is 6. The zero-order valence-electron chi connectivity index (χ0n) is 44.7. The molecule has 3 aliphatic carbocycles. The van der Waals surface area contributed by atoms with Crippen LogP contribution in [0.5, 0.6) is 0 Å². The second-order valence-electron chi connectivity index (χ2n) is 19.8. The third-order valence-corrected chi connectivity index (χ3v) is 16.6. The molecule has 38 nitrogen and oxygen atoms in total. The highest BCUT2D eigenvalue weighted by Crippen LogP contribution is 2.34. The topological polar surface area (TPSA) is 536 Å². The fraction of sp³-hybridized carbons (Fsp3) is 0.900. The summed E-state index contributed by atoms with van der Waals surface area (Å²) >= 11 is 0. The summed E-state index contributed by atoms with van der Waals surface area (Å²) in [6.07, 6.45) is -15.8. The Hall–Kier alpha value is -3.14. The molecule has 3 saturated carbocycles. The van der Waals surface area contributed by atoms with E-state index < -0.39 is 199 Å². The second-order valence-corrected chi connectivity index (χ2v) is 26.1. The minimum Gasteiger partial charge on any atom is -0.369 e. The van der Waals surface area contributed by atoms with Crippen LogP contribution >= 0.6 is 0 Å². The average Bonchev–Trinajstić information content (AvgIpc) is 1.34. The predicted octanol–water partition coefficient (Wildman–Crippen LogP) is -3.24. The van der Waals surface area contributed by atoms with Crippen molar-refractivity contribution in [2.24, 2.45) is 0 Å². The van der Waals surface area contributed by atoms with E-state index in [9.17, 15) is 97.0 Å². The van der Waals surface area contributed by atoms with Crippen LogP contribution in [0.3, 0.4) is 0 Å². The van der Waals surface area contributed by atoms with E-state index in [0.29, 0.717) is 25.7 Å². The van der Waals surface area contributed by atoms with Crippen LogP contribution in [-0.4, -0.2) is 251 Å². The second kappa shape index (κ2) is 30.9. The molecular weight excluding hydrogens is 1270 g/mol. The summed E-state index contributed by atoms with van der Waals surface area (Å²) in [6, 6.07) is -2.13. The Morgan fingerprint density at radius 2 is 0.690 bits per heavy atom. The van der Waals surface area contributed by atoms with Crippen LogP contribution in [-0.2, 0) is 135 Å². The normalized spacial score (nSPS) is 29.1. The van der Waals surface area contributed by atoms with Crippen molar-refractivity contribution in [3.63, 3.8) is 0 Å². The Labute approximate surface area is 484 Å². The van der Waals surface area contributed by atoms with Gasteiger partial charge >= 0.3 is 62.4 Å². The van der Waals surface area contributed by atoms with E-state index in [2.05, 4.69) is 35.7 Å². The highest BCUT2D eigenvalue weighted by atomic mass is 32.3. The van der Waals surface area contributed by atoms with Crippen LogP contribution in [0.15, 0.2) is 0 Å². The number of carbonyl (C=O) groups is 4. The van der Waals surface area contributed by atoms with Gasteiger partial charge in [-0.3, -0.25) is 46.5 Å². The third-order valence-electron chi connectivity index (χ3n) is 13.8. The summed E-state index contributed by atoms with van der Waals surface area (Å²) in [5, 5.41) is 5.79. The SMILES string of the molecule is CO[C@H]1O[C@@H](COCC(=O)N(CC(=O)NC2CCCCC2)C2CCC(N(CC(=O)NC3CCCCC3)C(=O)COC[C@@H]3O[C@H](OC)[C@H](OS(=O)(=O)O)[C@@H](OS(=O)(=O)O)[C@@H]3OS(=O)(=O)O)CC2)[C@@H](OS(=O)(=O)O)[C@H](OS(=O)(=O)O)[C@H]1OS(=O)(=O)O. The minimum absolute atomic E-state index is 0.0161. The molecule has 8 N–H and O–H groups in total. The maximum Gasteiger partial charge on any atom is 0.397 e. The fourth-order valence-corrected chi connectivity index (χ4v) is 13.5. The maximum absolute atomic E-state index is 14.3. The van der Waals surface area contributed by atoms with Gasteiger partial charge in [0.15, 0.2) is 24.8 Å². The number of carbonyl (C=O) groups excluding carboxylic acids is 4.